The van der Waals surface area contributed by atoms with Gasteiger partial charge in [0.25, 0.3) is 0 Å². The largest absolute Gasteiger partial charge is 0.493 e. The minimum atomic E-state index is -0.0712. The molecule has 0 aromatic heterocycles. The molecular formula is C13H18O4. The van der Waals surface area contributed by atoms with Crippen LogP contribution in [0, 0.1) is 0 Å². The van der Waals surface area contributed by atoms with E-state index in [0.29, 0.717) is 22.8 Å². The molecule has 0 amide bonds. The SMILES string of the molecule is COc1ccc(C(C)=O)c(OC)c1OC(C)C. The summed E-state index contributed by atoms with van der Waals surface area (Å²) in [5, 5.41) is 0. The van der Waals surface area contributed by atoms with Crippen LogP contribution in [0.25, 0.3) is 0 Å². The van der Waals surface area contributed by atoms with E-state index in [1.165, 1.54) is 14.0 Å². The van der Waals surface area contributed by atoms with Crippen LogP contribution in [0.5, 0.6) is 17.2 Å². The Kier molecular flexibility index (Phi) is 4.37. The van der Waals surface area contributed by atoms with Crippen LogP contribution in [0.15, 0.2) is 12.1 Å². The normalized spacial score (nSPS) is 10.2. The summed E-state index contributed by atoms with van der Waals surface area (Å²) in [6.45, 7) is 5.29. The molecule has 0 aliphatic heterocycles. The Morgan fingerprint density at radius 3 is 2.18 bits per heavy atom. The third-order valence-corrected chi connectivity index (χ3v) is 2.23. The van der Waals surface area contributed by atoms with E-state index in [4.69, 9.17) is 14.2 Å². The fourth-order valence-corrected chi connectivity index (χ4v) is 1.53. The van der Waals surface area contributed by atoms with Gasteiger partial charge in [-0.1, -0.05) is 0 Å². The van der Waals surface area contributed by atoms with Crippen molar-refractivity contribution in [3.05, 3.63) is 17.7 Å². The molecule has 0 aliphatic carbocycles. The summed E-state index contributed by atoms with van der Waals surface area (Å²) in [6.07, 6.45) is -0.0278. The Morgan fingerprint density at radius 2 is 1.76 bits per heavy atom. The molecular weight excluding hydrogens is 220 g/mol. The average molecular weight is 238 g/mol. The average Bonchev–Trinajstić information content (AvgIpc) is 2.27. The summed E-state index contributed by atoms with van der Waals surface area (Å²) in [7, 11) is 3.06. The van der Waals surface area contributed by atoms with Crippen LogP contribution in [-0.2, 0) is 0 Å². The lowest BCUT2D eigenvalue weighted by molar-refractivity contribution is 0.101. The Morgan fingerprint density at radius 1 is 1.12 bits per heavy atom. The van der Waals surface area contributed by atoms with Crippen LogP contribution in [-0.4, -0.2) is 26.1 Å². The Labute approximate surface area is 101 Å². The van der Waals surface area contributed by atoms with Gasteiger partial charge in [-0.3, -0.25) is 4.79 Å². The molecule has 1 rings (SSSR count). The molecule has 0 saturated carbocycles. The highest BCUT2D eigenvalue weighted by Crippen LogP contribution is 2.40. The van der Waals surface area contributed by atoms with Crippen LogP contribution in [0.3, 0.4) is 0 Å². The molecule has 0 aliphatic rings. The Hall–Kier alpha value is -1.71. The van der Waals surface area contributed by atoms with E-state index in [1.54, 1.807) is 19.2 Å². The standard InChI is InChI=1S/C13H18O4/c1-8(2)17-13-11(15-4)7-6-10(9(3)14)12(13)16-5/h6-8H,1-5H3. The fourth-order valence-electron chi connectivity index (χ4n) is 1.53. The molecule has 0 unspecified atom stereocenters. The molecule has 4 nitrogen and oxygen atoms in total. The Balaban J connectivity index is 3.37. The summed E-state index contributed by atoms with van der Waals surface area (Å²) in [5.74, 6) is 1.38. The molecule has 0 heterocycles. The van der Waals surface area contributed by atoms with Crippen molar-refractivity contribution in [2.45, 2.75) is 26.9 Å². The highest BCUT2D eigenvalue weighted by atomic mass is 16.5. The van der Waals surface area contributed by atoms with Crippen LogP contribution >= 0.6 is 0 Å². The highest BCUT2D eigenvalue weighted by molar-refractivity contribution is 5.98. The monoisotopic (exact) mass is 238 g/mol. The van der Waals surface area contributed by atoms with Gasteiger partial charge in [0.2, 0.25) is 5.75 Å². The van der Waals surface area contributed by atoms with Gasteiger partial charge in [0.05, 0.1) is 25.9 Å². The molecule has 0 saturated heterocycles. The van der Waals surface area contributed by atoms with Crippen LogP contribution < -0.4 is 14.2 Å². The predicted octanol–water partition coefficient (Wildman–Crippen LogP) is 2.69. The van der Waals surface area contributed by atoms with E-state index < -0.39 is 0 Å². The van der Waals surface area contributed by atoms with Gasteiger partial charge in [-0.25, -0.2) is 0 Å². The maximum Gasteiger partial charge on any atom is 0.204 e. The lowest BCUT2D eigenvalue weighted by Gasteiger charge is -2.18. The van der Waals surface area contributed by atoms with E-state index in [2.05, 4.69) is 0 Å². The van der Waals surface area contributed by atoms with E-state index in [1.807, 2.05) is 13.8 Å². The molecule has 1 aromatic rings. The number of methoxy groups -OCH3 is 2. The topological polar surface area (TPSA) is 44.8 Å². The first-order valence-corrected chi connectivity index (χ1v) is 5.43. The smallest absolute Gasteiger partial charge is 0.204 e. The van der Waals surface area contributed by atoms with Crippen LogP contribution in [0.2, 0.25) is 0 Å². The van der Waals surface area contributed by atoms with Gasteiger partial charge < -0.3 is 14.2 Å². The molecule has 0 bridgehead atoms. The third-order valence-electron chi connectivity index (χ3n) is 2.23. The summed E-state index contributed by atoms with van der Waals surface area (Å²) in [6, 6.07) is 3.38. The number of ether oxygens (including phenoxy) is 3. The molecule has 17 heavy (non-hydrogen) atoms. The van der Waals surface area contributed by atoms with Crippen molar-refractivity contribution in [2.24, 2.45) is 0 Å². The maximum absolute atomic E-state index is 11.5. The predicted molar refractivity (Wildman–Crippen MR) is 65.3 cm³/mol. The van der Waals surface area contributed by atoms with Gasteiger partial charge in [-0.2, -0.15) is 0 Å². The van der Waals surface area contributed by atoms with Crippen LogP contribution in [0.1, 0.15) is 31.1 Å². The molecule has 0 N–H and O–H groups in total. The van der Waals surface area contributed by atoms with Gasteiger partial charge in [0.1, 0.15) is 0 Å². The molecule has 0 spiro atoms. The summed E-state index contributed by atoms with van der Waals surface area (Å²) in [4.78, 5) is 11.5. The van der Waals surface area contributed by atoms with Crippen LogP contribution in [0.4, 0.5) is 0 Å². The first-order chi connectivity index (χ1) is 8.01. The van der Waals surface area contributed by atoms with Gasteiger partial charge >= 0.3 is 0 Å². The van der Waals surface area contributed by atoms with Crippen molar-refractivity contribution in [1.29, 1.82) is 0 Å². The summed E-state index contributed by atoms with van der Waals surface area (Å²) in [5.41, 5.74) is 0.490. The zero-order valence-electron chi connectivity index (χ0n) is 10.9. The number of hydrogen-bond acceptors (Lipinski definition) is 4. The quantitative estimate of drug-likeness (QED) is 0.740. The maximum atomic E-state index is 11.5. The van der Waals surface area contributed by atoms with E-state index >= 15 is 0 Å². The minimum absolute atomic E-state index is 0.0278. The molecule has 4 heteroatoms. The van der Waals surface area contributed by atoms with Gasteiger partial charge in [-0.05, 0) is 32.9 Å². The van der Waals surface area contributed by atoms with E-state index in [-0.39, 0.29) is 11.9 Å². The number of benzene rings is 1. The van der Waals surface area contributed by atoms with Crippen molar-refractivity contribution in [2.75, 3.05) is 14.2 Å². The van der Waals surface area contributed by atoms with Crippen molar-refractivity contribution in [3.8, 4) is 17.2 Å². The zero-order chi connectivity index (χ0) is 13.0. The van der Waals surface area contributed by atoms with Crippen molar-refractivity contribution < 1.29 is 19.0 Å². The molecule has 1 aromatic carbocycles. The molecule has 0 atom stereocenters. The van der Waals surface area contributed by atoms with E-state index in [0.717, 1.165) is 0 Å². The lowest BCUT2D eigenvalue weighted by atomic mass is 10.1. The van der Waals surface area contributed by atoms with Gasteiger partial charge in [0.15, 0.2) is 17.3 Å². The number of hydrogen-bond donors (Lipinski definition) is 0. The highest BCUT2D eigenvalue weighted by Gasteiger charge is 2.19. The minimum Gasteiger partial charge on any atom is -0.493 e. The van der Waals surface area contributed by atoms with Crippen molar-refractivity contribution >= 4 is 5.78 Å². The second kappa shape index (κ2) is 5.57. The van der Waals surface area contributed by atoms with E-state index in [9.17, 15) is 4.79 Å². The Bertz CT molecular complexity index is 410. The van der Waals surface area contributed by atoms with Crippen molar-refractivity contribution in [1.82, 2.24) is 0 Å². The zero-order valence-corrected chi connectivity index (χ0v) is 10.9. The fraction of sp³-hybridized carbons (Fsp3) is 0.462. The second-order valence-corrected chi connectivity index (χ2v) is 3.90. The number of ketones is 1. The lowest BCUT2D eigenvalue weighted by Crippen LogP contribution is -2.10. The first kappa shape index (κ1) is 13.4. The second-order valence-electron chi connectivity index (χ2n) is 3.90. The first-order valence-electron chi connectivity index (χ1n) is 5.43. The number of rotatable bonds is 5. The molecule has 94 valence electrons. The number of carbonyl (C=O) groups is 1. The molecule has 0 radical (unpaired) electrons. The third kappa shape index (κ3) is 2.90. The number of Topliss-reactive ketones (excluding diaryl/α,β-unsaturated/α-hetero) is 1. The summed E-state index contributed by atoms with van der Waals surface area (Å²) < 4.78 is 16.1. The van der Waals surface area contributed by atoms with Crippen molar-refractivity contribution in [3.63, 3.8) is 0 Å². The van der Waals surface area contributed by atoms with Gasteiger partial charge in [-0.15, -0.1) is 0 Å². The molecule has 0 fully saturated rings. The summed E-state index contributed by atoms with van der Waals surface area (Å²) >= 11 is 0. The van der Waals surface area contributed by atoms with Gasteiger partial charge in [0, 0.05) is 0 Å². The number of carbonyl (C=O) groups excluding carboxylic acids is 1.